The molecule has 2 heterocycles. The van der Waals surface area contributed by atoms with Gasteiger partial charge in [0.15, 0.2) is 6.29 Å². The molecule has 1 saturated heterocycles. The number of carbonyl (C=O) groups is 1. The molecule has 0 aromatic carbocycles. The van der Waals surface area contributed by atoms with Crippen molar-refractivity contribution >= 4 is 47.2 Å². The van der Waals surface area contributed by atoms with Crippen LogP contribution in [0.15, 0.2) is 6.33 Å². The van der Waals surface area contributed by atoms with Gasteiger partial charge in [0.2, 0.25) is 0 Å². The molecule has 0 aliphatic carbocycles. The van der Waals surface area contributed by atoms with Crippen molar-refractivity contribution in [2.24, 2.45) is 0 Å². The van der Waals surface area contributed by atoms with Crippen LogP contribution in [0.3, 0.4) is 0 Å². The zero-order chi connectivity index (χ0) is 12.1. The first-order valence-corrected chi connectivity index (χ1v) is 7.78. The van der Waals surface area contributed by atoms with Crippen molar-refractivity contribution < 1.29 is 4.79 Å². The van der Waals surface area contributed by atoms with Crippen LogP contribution < -0.4 is 5.32 Å². The van der Waals surface area contributed by atoms with E-state index in [1.54, 1.807) is 0 Å². The summed E-state index contributed by atoms with van der Waals surface area (Å²) in [5, 5.41) is 3.93. The smallest absolute Gasteiger partial charge is 0.156 e. The fraction of sp³-hybridized carbons (Fsp3) is 0.500. The molecular formula is C10H12ClN3OS2. The predicted octanol–water partition coefficient (Wildman–Crippen LogP) is 2.20. The van der Waals surface area contributed by atoms with E-state index in [-0.39, 0.29) is 5.15 Å². The first-order valence-electron chi connectivity index (χ1n) is 5.20. The zero-order valence-corrected chi connectivity index (χ0v) is 11.4. The fourth-order valence-corrected chi connectivity index (χ4v) is 4.27. The van der Waals surface area contributed by atoms with E-state index in [0.717, 1.165) is 12.3 Å². The van der Waals surface area contributed by atoms with E-state index in [9.17, 15) is 4.79 Å². The van der Waals surface area contributed by atoms with Crippen molar-refractivity contribution in [2.45, 2.75) is 5.25 Å². The summed E-state index contributed by atoms with van der Waals surface area (Å²) < 4.78 is 0. The number of thioether (sulfide) groups is 2. The Morgan fingerprint density at radius 3 is 3.12 bits per heavy atom. The maximum absolute atomic E-state index is 10.9. The Hall–Kier alpha value is -0.460. The van der Waals surface area contributed by atoms with Gasteiger partial charge in [-0.15, -0.1) is 0 Å². The molecule has 1 atom stereocenters. The average molecular weight is 290 g/mol. The zero-order valence-electron chi connectivity index (χ0n) is 9.06. The second-order valence-electron chi connectivity index (χ2n) is 3.49. The third kappa shape index (κ3) is 3.50. The number of carbonyl (C=O) groups excluding carboxylic acids is 1. The van der Waals surface area contributed by atoms with Gasteiger partial charge in [0.05, 0.1) is 5.56 Å². The Labute approximate surface area is 113 Å². The van der Waals surface area contributed by atoms with Crippen molar-refractivity contribution in [3.63, 3.8) is 0 Å². The summed E-state index contributed by atoms with van der Waals surface area (Å²) in [6.07, 6.45) is 2.05. The Morgan fingerprint density at radius 1 is 1.53 bits per heavy atom. The molecule has 0 radical (unpaired) electrons. The van der Waals surface area contributed by atoms with Crippen LogP contribution in [-0.4, -0.2) is 45.3 Å². The van der Waals surface area contributed by atoms with Crippen molar-refractivity contribution in [3.05, 3.63) is 17.0 Å². The van der Waals surface area contributed by atoms with Gasteiger partial charge in [-0.25, -0.2) is 9.97 Å². The molecule has 1 aliphatic rings. The second kappa shape index (κ2) is 6.47. The van der Waals surface area contributed by atoms with E-state index < -0.39 is 0 Å². The van der Waals surface area contributed by atoms with Crippen LogP contribution in [0.5, 0.6) is 0 Å². The third-order valence-corrected chi connectivity index (χ3v) is 5.48. The number of hydrogen-bond donors (Lipinski definition) is 1. The molecule has 1 aromatic rings. The Balaban J connectivity index is 1.98. The number of hydrogen-bond acceptors (Lipinski definition) is 6. The molecule has 0 bridgehead atoms. The average Bonchev–Trinajstić information content (AvgIpc) is 2.37. The van der Waals surface area contributed by atoms with E-state index in [1.807, 2.05) is 23.5 Å². The molecular weight excluding hydrogens is 278 g/mol. The molecule has 1 aromatic heterocycles. The highest BCUT2D eigenvalue weighted by atomic mass is 35.5. The normalized spacial score (nSPS) is 19.9. The number of aromatic nitrogens is 2. The number of anilines is 1. The van der Waals surface area contributed by atoms with Crippen LogP contribution in [0.2, 0.25) is 5.15 Å². The highest BCUT2D eigenvalue weighted by Crippen LogP contribution is 2.25. The summed E-state index contributed by atoms with van der Waals surface area (Å²) in [5.74, 6) is 4.06. The molecule has 7 heteroatoms. The molecule has 1 N–H and O–H groups in total. The molecule has 0 spiro atoms. The highest BCUT2D eigenvalue weighted by molar-refractivity contribution is 8.06. The lowest BCUT2D eigenvalue weighted by molar-refractivity contribution is 0.112. The molecule has 1 fully saturated rings. The van der Waals surface area contributed by atoms with Crippen molar-refractivity contribution in [1.29, 1.82) is 0 Å². The third-order valence-electron chi connectivity index (χ3n) is 2.34. The van der Waals surface area contributed by atoms with Crippen LogP contribution in [0.25, 0.3) is 0 Å². The second-order valence-corrected chi connectivity index (χ2v) is 6.41. The first-order chi connectivity index (χ1) is 8.31. The highest BCUT2D eigenvalue weighted by Gasteiger charge is 2.15. The Kier molecular flexibility index (Phi) is 4.94. The van der Waals surface area contributed by atoms with Gasteiger partial charge in [0, 0.05) is 29.1 Å². The largest absolute Gasteiger partial charge is 0.368 e. The number of nitrogens with zero attached hydrogens (tertiary/aromatic N) is 2. The summed E-state index contributed by atoms with van der Waals surface area (Å²) in [5.41, 5.74) is 0.336. The molecule has 4 nitrogen and oxygen atoms in total. The fourth-order valence-electron chi connectivity index (χ4n) is 1.48. The minimum Gasteiger partial charge on any atom is -0.368 e. The molecule has 17 heavy (non-hydrogen) atoms. The van der Waals surface area contributed by atoms with Crippen LogP contribution >= 0.6 is 35.1 Å². The maximum atomic E-state index is 10.9. The van der Waals surface area contributed by atoms with E-state index in [1.165, 1.54) is 17.8 Å². The van der Waals surface area contributed by atoms with Crippen molar-refractivity contribution in [1.82, 2.24) is 9.97 Å². The van der Waals surface area contributed by atoms with Gasteiger partial charge in [-0.05, 0) is 0 Å². The van der Waals surface area contributed by atoms with E-state index in [0.29, 0.717) is 22.9 Å². The quantitative estimate of drug-likeness (QED) is 0.677. The monoisotopic (exact) mass is 289 g/mol. The van der Waals surface area contributed by atoms with Crippen LogP contribution in [0.1, 0.15) is 10.4 Å². The Morgan fingerprint density at radius 2 is 2.41 bits per heavy atom. The van der Waals surface area contributed by atoms with Crippen molar-refractivity contribution in [3.8, 4) is 0 Å². The molecule has 1 unspecified atom stereocenters. The summed E-state index contributed by atoms with van der Waals surface area (Å²) in [6, 6.07) is 0. The van der Waals surface area contributed by atoms with Gasteiger partial charge in [-0.1, -0.05) is 11.6 Å². The summed E-state index contributed by atoms with van der Waals surface area (Å²) in [7, 11) is 0. The molecule has 92 valence electrons. The van der Waals surface area contributed by atoms with Crippen LogP contribution in [-0.2, 0) is 0 Å². The molecule has 0 saturated carbocycles. The minimum absolute atomic E-state index is 0.197. The van der Waals surface area contributed by atoms with Crippen LogP contribution in [0.4, 0.5) is 5.82 Å². The van der Waals surface area contributed by atoms with Gasteiger partial charge in [-0.2, -0.15) is 23.5 Å². The maximum Gasteiger partial charge on any atom is 0.156 e. The minimum atomic E-state index is 0.197. The molecule has 1 aliphatic heterocycles. The predicted molar refractivity (Wildman–Crippen MR) is 74.5 cm³/mol. The van der Waals surface area contributed by atoms with Crippen molar-refractivity contribution in [2.75, 3.05) is 29.1 Å². The van der Waals surface area contributed by atoms with E-state index in [2.05, 4.69) is 15.3 Å². The summed E-state index contributed by atoms with van der Waals surface area (Å²) in [6.45, 7) is 0.797. The lowest BCUT2D eigenvalue weighted by Gasteiger charge is -2.21. The Bertz CT molecular complexity index is 399. The van der Waals surface area contributed by atoms with Gasteiger partial charge >= 0.3 is 0 Å². The van der Waals surface area contributed by atoms with Crippen LogP contribution in [0, 0.1) is 0 Å². The summed E-state index contributed by atoms with van der Waals surface area (Å²) >= 11 is 9.73. The van der Waals surface area contributed by atoms with Gasteiger partial charge in [0.1, 0.15) is 17.3 Å². The molecule has 2 rings (SSSR count). The van der Waals surface area contributed by atoms with E-state index in [4.69, 9.17) is 11.6 Å². The number of halogens is 1. The lowest BCUT2D eigenvalue weighted by Crippen LogP contribution is -2.24. The molecule has 0 amide bonds. The van der Waals surface area contributed by atoms with Gasteiger partial charge in [0.25, 0.3) is 0 Å². The lowest BCUT2D eigenvalue weighted by atomic mass is 10.3. The topological polar surface area (TPSA) is 54.9 Å². The van der Waals surface area contributed by atoms with Gasteiger partial charge in [-0.3, -0.25) is 4.79 Å². The number of rotatable bonds is 4. The number of nitrogens with one attached hydrogen (secondary N) is 1. The van der Waals surface area contributed by atoms with Gasteiger partial charge < -0.3 is 5.32 Å². The first kappa shape index (κ1) is 13.0. The van der Waals surface area contributed by atoms with E-state index >= 15 is 0 Å². The summed E-state index contributed by atoms with van der Waals surface area (Å²) in [4.78, 5) is 18.7. The standard InChI is InChI=1S/C10H12ClN3OS2/c11-9-8(4-15)10(14-6-13-9)12-3-7-5-16-1-2-17-7/h4,6-7H,1-3,5H2,(H,12,13,14). The number of aldehydes is 1. The SMILES string of the molecule is O=Cc1c(Cl)ncnc1NCC1CSCCS1.